The molecule has 1 aromatic rings. The van der Waals surface area contributed by atoms with Gasteiger partial charge in [0.1, 0.15) is 0 Å². The van der Waals surface area contributed by atoms with Crippen molar-refractivity contribution in [2.45, 2.75) is 58.5 Å². The summed E-state index contributed by atoms with van der Waals surface area (Å²) in [5, 5.41) is 15.0. The molecule has 3 N–H and O–H groups in total. The molecule has 0 aromatic heterocycles. The van der Waals surface area contributed by atoms with Crippen molar-refractivity contribution in [3.8, 4) is 0 Å². The van der Waals surface area contributed by atoms with Crippen LogP contribution in [0, 0.1) is 6.92 Å². The monoisotopic (exact) mass is 320 g/mol. The summed E-state index contributed by atoms with van der Waals surface area (Å²) in [4.78, 5) is 23.8. The second-order valence-corrected chi connectivity index (χ2v) is 6.30. The molecule has 0 spiro atoms. The molecule has 0 radical (unpaired) electrons. The van der Waals surface area contributed by atoms with Gasteiger partial charge in [0.05, 0.1) is 12.5 Å². The van der Waals surface area contributed by atoms with Gasteiger partial charge in [0.2, 0.25) is 11.8 Å². The van der Waals surface area contributed by atoms with E-state index in [0.29, 0.717) is 6.42 Å². The Kier molecular flexibility index (Phi) is 7.23. The van der Waals surface area contributed by atoms with Crippen LogP contribution in [0.1, 0.15) is 57.2 Å². The summed E-state index contributed by atoms with van der Waals surface area (Å²) in [6.45, 7) is 7.35. The van der Waals surface area contributed by atoms with Crippen molar-refractivity contribution >= 4 is 11.8 Å². The molecule has 0 saturated heterocycles. The third kappa shape index (κ3) is 6.40. The number of aryl methyl sites for hydroxylation is 1. The van der Waals surface area contributed by atoms with E-state index in [-0.39, 0.29) is 30.9 Å². The van der Waals surface area contributed by atoms with Gasteiger partial charge in [-0.1, -0.05) is 36.8 Å². The average molecular weight is 320 g/mol. The fourth-order valence-corrected chi connectivity index (χ4v) is 2.44. The number of aliphatic hydroxyl groups excluding tert-OH is 1. The van der Waals surface area contributed by atoms with E-state index in [1.54, 1.807) is 0 Å². The fraction of sp³-hybridized carbons (Fsp3) is 0.556. The van der Waals surface area contributed by atoms with Gasteiger partial charge in [-0.25, -0.2) is 0 Å². The predicted octanol–water partition coefficient (Wildman–Crippen LogP) is 2.23. The Morgan fingerprint density at radius 1 is 1.26 bits per heavy atom. The number of benzene rings is 1. The minimum absolute atomic E-state index is 0.0255. The highest BCUT2D eigenvalue weighted by Crippen LogP contribution is 2.20. The van der Waals surface area contributed by atoms with Crippen LogP contribution in [0.2, 0.25) is 0 Å². The van der Waals surface area contributed by atoms with E-state index >= 15 is 0 Å². The van der Waals surface area contributed by atoms with Crippen molar-refractivity contribution in [3.05, 3.63) is 35.4 Å². The quantitative estimate of drug-likeness (QED) is 0.687. The lowest BCUT2D eigenvalue weighted by Gasteiger charge is -2.30. The number of carbonyl (C=O) groups excluding carboxylic acids is 2. The minimum atomic E-state index is -0.431. The van der Waals surface area contributed by atoms with E-state index in [0.717, 1.165) is 17.5 Å². The van der Waals surface area contributed by atoms with E-state index in [2.05, 4.69) is 10.6 Å². The normalized spacial score (nSPS) is 14.7. The Morgan fingerprint density at radius 3 is 2.35 bits per heavy atom. The maximum atomic E-state index is 12.4. The van der Waals surface area contributed by atoms with Crippen LogP contribution in [-0.2, 0) is 9.59 Å². The molecule has 0 saturated carbocycles. The van der Waals surface area contributed by atoms with E-state index in [1.165, 1.54) is 6.92 Å². The topological polar surface area (TPSA) is 78.4 Å². The van der Waals surface area contributed by atoms with Crippen molar-refractivity contribution in [2.75, 3.05) is 6.61 Å². The van der Waals surface area contributed by atoms with E-state index in [4.69, 9.17) is 5.11 Å². The first-order valence-electron chi connectivity index (χ1n) is 8.05. The smallest absolute Gasteiger partial charge is 0.222 e. The summed E-state index contributed by atoms with van der Waals surface area (Å²) < 4.78 is 0. The summed E-state index contributed by atoms with van der Waals surface area (Å²) in [5.41, 5.74) is 1.60. The number of hydrogen-bond donors (Lipinski definition) is 3. The molecule has 5 nitrogen and oxygen atoms in total. The summed E-state index contributed by atoms with van der Waals surface area (Å²) in [6, 6.07) is 7.42. The first-order valence-corrected chi connectivity index (χ1v) is 8.05. The SMILES string of the molecule is CCC(C)(CCO)NC(=O)CC(NC(C)=O)c1ccc(C)cc1. The lowest BCUT2D eigenvalue weighted by molar-refractivity contribution is -0.124. The number of rotatable bonds is 8. The largest absolute Gasteiger partial charge is 0.396 e. The number of aliphatic hydroxyl groups is 1. The molecular weight excluding hydrogens is 292 g/mol. The molecule has 1 aromatic carbocycles. The molecule has 5 heteroatoms. The second kappa shape index (κ2) is 8.67. The Labute approximate surface area is 138 Å². The summed E-state index contributed by atoms with van der Waals surface area (Å²) in [5.74, 6) is -0.306. The Hall–Kier alpha value is -1.88. The first-order chi connectivity index (χ1) is 10.8. The standard InChI is InChI=1S/C18H28N2O3/c1-5-18(4,10-11-21)20-17(23)12-16(19-14(3)22)15-8-6-13(2)7-9-15/h6-9,16,21H,5,10-12H2,1-4H3,(H,19,22)(H,20,23). The summed E-state index contributed by atoms with van der Waals surface area (Å²) in [7, 11) is 0. The highest BCUT2D eigenvalue weighted by Gasteiger charge is 2.25. The molecule has 2 unspecified atom stereocenters. The summed E-state index contributed by atoms with van der Waals surface area (Å²) >= 11 is 0. The molecule has 0 bridgehead atoms. The molecular formula is C18H28N2O3. The third-order valence-electron chi connectivity index (χ3n) is 4.13. The maximum absolute atomic E-state index is 12.4. The molecule has 0 fully saturated rings. The van der Waals surface area contributed by atoms with Crippen LogP contribution in [-0.4, -0.2) is 29.1 Å². The number of carbonyl (C=O) groups is 2. The fourth-order valence-electron chi connectivity index (χ4n) is 2.44. The molecule has 0 heterocycles. The van der Waals surface area contributed by atoms with Gasteiger partial charge >= 0.3 is 0 Å². The molecule has 0 aliphatic carbocycles. The van der Waals surface area contributed by atoms with Gasteiger partial charge in [0.25, 0.3) is 0 Å². The molecule has 2 amide bonds. The van der Waals surface area contributed by atoms with Crippen molar-refractivity contribution < 1.29 is 14.7 Å². The van der Waals surface area contributed by atoms with E-state index in [1.807, 2.05) is 45.0 Å². The molecule has 0 aliphatic rings. The van der Waals surface area contributed by atoms with Gasteiger partial charge < -0.3 is 15.7 Å². The van der Waals surface area contributed by atoms with Gasteiger partial charge in [-0.3, -0.25) is 9.59 Å². The second-order valence-electron chi connectivity index (χ2n) is 6.30. The zero-order chi connectivity index (χ0) is 17.5. The Bertz CT molecular complexity index is 528. The predicted molar refractivity (Wildman–Crippen MR) is 90.9 cm³/mol. The van der Waals surface area contributed by atoms with Crippen molar-refractivity contribution in [1.82, 2.24) is 10.6 Å². The highest BCUT2D eigenvalue weighted by atomic mass is 16.3. The lowest BCUT2D eigenvalue weighted by Crippen LogP contribution is -2.47. The Morgan fingerprint density at radius 2 is 1.87 bits per heavy atom. The van der Waals surface area contributed by atoms with Crippen LogP contribution in [0.25, 0.3) is 0 Å². The van der Waals surface area contributed by atoms with Gasteiger partial charge in [0, 0.05) is 19.1 Å². The molecule has 128 valence electrons. The van der Waals surface area contributed by atoms with Crippen LogP contribution in [0.3, 0.4) is 0 Å². The average Bonchev–Trinajstić information content (AvgIpc) is 2.47. The summed E-state index contributed by atoms with van der Waals surface area (Å²) in [6.07, 6.45) is 1.41. The number of nitrogens with one attached hydrogen (secondary N) is 2. The van der Waals surface area contributed by atoms with Gasteiger partial charge in [0.15, 0.2) is 0 Å². The molecule has 1 rings (SSSR count). The highest BCUT2D eigenvalue weighted by molar-refractivity contribution is 5.79. The van der Waals surface area contributed by atoms with Crippen LogP contribution >= 0.6 is 0 Å². The number of hydrogen-bond acceptors (Lipinski definition) is 3. The van der Waals surface area contributed by atoms with Gasteiger partial charge in [-0.05, 0) is 32.3 Å². The molecule has 23 heavy (non-hydrogen) atoms. The number of amides is 2. The van der Waals surface area contributed by atoms with Crippen LogP contribution in [0.5, 0.6) is 0 Å². The van der Waals surface area contributed by atoms with Gasteiger partial charge in [-0.2, -0.15) is 0 Å². The van der Waals surface area contributed by atoms with Gasteiger partial charge in [-0.15, -0.1) is 0 Å². The maximum Gasteiger partial charge on any atom is 0.222 e. The van der Waals surface area contributed by atoms with Crippen LogP contribution in [0.4, 0.5) is 0 Å². The van der Waals surface area contributed by atoms with E-state index < -0.39 is 5.54 Å². The zero-order valence-electron chi connectivity index (χ0n) is 14.5. The molecule has 2 atom stereocenters. The van der Waals surface area contributed by atoms with Crippen molar-refractivity contribution in [3.63, 3.8) is 0 Å². The van der Waals surface area contributed by atoms with Crippen LogP contribution in [0.15, 0.2) is 24.3 Å². The first kappa shape index (κ1) is 19.2. The molecule has 0 aliphatic heterocycles. The lowest BCUT2D eigenvalue weighted by atomic mass is 9.94. The van der Waals surface area contributed by atoms with E-state index in [9.17, 15) is 9.59 Å². The van der Waals surface area contributed by atoms with Crippen molar-refractivity contribution in [2.24, 2.45) is 0 Å². The minimum Gasteiger partial charge on any atom is -0.396 e. The van der Waals surface area contributed by atoms with Crippen LogP contribution < -0.4 is 10.6 Å². The van der Waals surface area contributed by atoms with Crippen molar-refractivity contribution in [1.29, 1.82) is 0 Å². The third-order valence-corrected chi connectivity index (χ3v) is 4.13. The zero-order valence-corrected chi connectivity index (χ0v) is 14.5. The Balaban J connectivity index is 2.82.